The predicted molar refractivity (Wildman–Crippen MR) is 122 cm³/mol. The summed E-state index contributed by atoms with van der Waals surface area (Å²) in [7, 11) is 0. The van der Waals surface area contributed by atoms with Crippen molar-refractivity contribution in [2.75, 3.05) is 4.90 Å². The number of rotatable bonds is 3. The third kappa shape index (κ3) is 3.20. The van der Waals surface area contributed by atoms with E-state index < -0.39 is 0 Å². The Kier molecular flexibility index (Phi) is 5.13. The molecule has 2 N–H and O–H groups in total. The van der Waals surface area contributed by atoms with Gasteiger partial charge in [0.1, 0.15) is 5.82 Å². The van der Waals surface area contributed by atoms with Gasteiger partial charge >= 0.3 is 0 Å². The average Bonchev–Trinajstić information content (AvgIpc) is 3.13. The van der Waals surface area contributed by atoms with Crippen LogP contribution < -0.4 is 10.2 Å². The zero-order valence-electron chi connectivity index (χ0n) is 15.8. The topological polar surface area (TPSA) is 44.0 Å². The van der Waals surface area contributed by atoms with Crippen molar-refractivity contribution in [2.24, 2.45) is 0 Å². The van der Waals surface area contributed by atoms with Crippen LogP contribution in [-0.2, 0) is 0 Å². The Morgan fingerprint density at radius 2 is 1.93 bits per heavy atom. The van der Waals surface area contributed by atoms with Gasteiger partial charge in [-0.2, -0.15) is 0 Å². The maximum Gasteiger partial charge on any atom is 0.174 e. The molecule has 3 heterocycles. The van der Waals surface area contributed by atoms with E-state index >= 15 is 0 Å². The fourth-order valence-electron chi connectivity index (χ4n) is 3.83. The highest BCUT2D eigenvalue weighted by atomic mass is 127. The van der Waals surface area contributed by atoms with E-state index in [4.69, 9.17) is 12.2 Å². The molecule has 1 fully saturated rings. The molecular weight excluding hydrogens is 486 g/mol. The van der Waals surface area contributed by atoms with Crippen molar-refractivity contribution in [3.8, 4) is 0 Å². The van der Waals surface area contributed by atoms with Crippen LogP contribution in [0.3, 0.4) is 0 Å². The summed E-state index contributed by atoms with van der Waals surface area (Å²) >= 11 is 8.11. The number of nitrogens with zero attached hydrogens (tertiary/aromatic N) is 2. The SMILES string of the molecule is Cc1cc(N2C(=S)NC(c3ccccn3)C2c2c(C)[nH]c(C)c2I)ccc1F. The molecule has 0 saturated carbocycles. The molecule has 0 aliphatic carbocycles. The minimum absolute atomic E-state index is 0.0934. The summed E-state index contributed by atoms with van der Waals surface area (Å²) < 4.78 is 15.1. The number of hydrogen-bond acceptors (Lipinski definition) is 2. The first-order valence-electron chi connectivity index (χ1n) is 9.00. The van der Waals surface area contributed by atoms with E-state index in [0.717, 1.165) is 22.8 Å². The largest absolute Gasteiger partial charge is 0.362 e. The van der Waals surface area contributed by atoms with Crippen molar-refractivity contribution in [3.05, 3.63) is 80.2 Å². The second kappa shape index (κ2) is 7.44. The fraction of sp³-hybridized carbons (Fsp3) is 0.238. The number of aryl methyl sites for hydroxylation is 3. The number of aromatic nitrogens is 2. The lowest BCUT2D eigenvalue weighted by Crippen LogP contribution is -2.30. The normalized spacial score (nSPS) is 19.2. The van der Waals surface area contributed by atoms with E-state index in [2.05, 4.69) is 56.6 Å². The molecule has 4 nitrogen and oxygen atoms in total. The Balaban J connectivity index is 1.91. The number of pyridine rings is 1. The monoisotopic (exact) mass is 506 g/mol. The van der Waals surface area contributed by atoms with Crippen molar-refractivity contribution in [3.63, 3.8) is 0 Å². The van der Waals surface area contributed by atoms with Gasteiger partial charge in [0, 0.05) is 32.4 Å². The molecule has 0 radical (unpaired) electrons. The van der Waals surface area contributed by atoms with Gasteiger partial charge in [0.2, 0.25) is 0 Å². The quantitative estimate of drug-likeness (QED) is 0.376. The van der Waals surface area contributed by atoms with E-state index in [9.17, 15) is 4.39 Å². The Hall–Kier alpha value is -2.00. The lowest BCUT2D eigenvalue weighted by atomic mass is 9.96. The van der Waals surface area contributed by atoms with Crippen molar-refractivity contribution in [2.45, 2.75) is 32.9 Å². The number of halogens is 2. The van der Waals surface area contributed by atoms with Crippen LogP contribution in [0, 0.1) is 30.2 Å². The smallest absolute Gasteiger partial charge is 0.174 e. The van der Waals surface area contributed by atoms with Crippen LogP contribution in [-0.4, -0.2) is 15.1 Å². The maximum absolute atomic E-state index is 13.9. The Morgan fingerprint density at radius 1 is 1.14 bits per heavy atom. The van der Waals surface area contributed by atoms with Gasteiger partial charge in [0.25, 0.3) is 0 Å². The summed E-state index contributed by atoms with van der Waals surface area (Å²) in [5.74, 6) is -0.220. The zero-order valence-corrected chi connectivity index (χ0v) is 18.7. The van der Waals surface area contributed by atoms with Gasteiger partial charge in [0.15, 0.2) is 5.11 Å². The highest BCUT2D eigenvalue weighted by Gasteiger charge is 2.43. The summed E-state index contributed by atoms with van der Waals surface area (Å²) in [4.78, 5) is 10.1. The summed E-state index contributed by atoms with van der Waals surface area (Å²) in [5.41, 5.74) is 5.79. The fourth-order valence-corrected chi connectivity index (χ4v) is 5.03. The van der Waals surface area contributed by atoms with Crippen LogP contribution in [0.25, 0.3) is 0 Å². The second-order valence-electron chi connectivity index (χ2n) is 7.03. The second-order valence-corrected chi connectivity index (χ2v) is 8.50. The first kappa shape index (κ1) is 19.3. The van der Waals surface area contributed by atoms with Crippen molar-refractivity contribution in [1.82, 2.24) is 15.3 Å². The lowest BCUT2D eigenvalue weighted by Gasteiger charge is -2.28. The molecule has 144 valence electrons. The highest BCUT2D eigenvalue weighted by Crippen LogP contribution is 2.44. The van der Waals surface area contributed by atoms with Crippen LogP contribution in [0.2, 0.25) is 0 Å². The van der Waals surface area contributed by atoms with E-state index in [1.54, 1.807) is 19.2 Å². The van der Waals surface area contributed by atoms with Crippen LogP contribution in [0.4, 0.5) is 10.1 Å². The number of aromatic amines is 1. The summed E-state index contributed by atoms with van der Waals surface area (Å²) in [6, 6.07) is 10.8. The third-order valence-electron chi connectivity index (χ3n) is 5.16. The summed E-state index contributed by atoms with van der Waals surface area (Å²) in [6.07, 6.45) is 1.79. The number of thiocarbonyl (C=S) groups is 1. The first-order valence-corrected chi connectivity index (χ1v) is 10.5. The Labute approximate surface area is 182 Å². The molecule has 4 rings (SSSR count). The van der Waals surface area contributed by atoms with Crippen molar-refractivity contribution >= 4 is 45.6 Å². The molecule has 1 aromatic carbocycles. The molecule has 1 saturated heterocycles. The number of H-pyrrole nitrogens is 1. The van der Waals surface area contributed by atoms with E-state index in [1.807, 2.05) is 24.3 Å². The molecule has 2 unspecified atom stereocenters. The summed E-state index contributed by atoms with van der Waals surface area (Å²) in [5, 5.41) is 4.06. The molecule has 7 heteroatoms. The molecule has 2 aromatic heterocycles. The molecule has 0 spiro atoms. The molecule has 2 atom stereocenters. The van der Waals surface area contributed by atoms with E-state index in [-0.39, 0.29) is 17.9 Å². The number of benzene rings is 1. The van der Waals surface area contributed by atoms with Gasteiger partial charge in [0.05, 0.1) is 17.8 Å². The van der Waals surface area contributed by atoms with E-state index in [0.29, 0.717) is 10.7 Å². The van der Waals surface area contributed by atoms with Crippen molar-refractivity contribution < 1.29 is 4.39 Å². The summed E-state index contributed by atoms with van der Waals surface area (Å²) in [6.45, 7) is 5.92. The van der Waals surface area contributed by atoms with Gasteiger partial charge < -0.3 is 15.2 Å². The molecule has 28 heavy (non-hydrogen) atoms. The number of hydrogen-bond donors (Lipinski definition) is 2. The highest BCUT2D eigenvalue weighted by molar-refractivity contribution is 14.1. The maximum atomic E-state index is 13.9. The van der Waals surface area contributed by atoms with Gasteiger partial charge in [-0.3, -0.25) is 4.98 Å². The lowest BCUT2D eigenvalue weighted by molar-refractivity contribution is 0.564. The third-order valence-corrected chi connectivity index (χ3v) is 6.86. The number of anilines is 1. The standard InChI is InChI=1S/C21H20FIN4S/c1-11-10-14(7-8-15(11)22)27-20(17-12(2)25-13(3)18(17)23)19(26-21(27)28)16-6-4-5-9-24-16/h4-10,19-20,25H,1-3H3,(H,26,28). The Bertz CT molecular complexity index is 1050. The average molecular weight is 506 g/mol. The van der Waals surface area contributed by atoms with Crippen molar-refractivity contribution in [1.29, 1.82) is 0 Å². The molecule has 1 aliphatic heterocycles. The van der Waals surface area contributed by atoms with Gasteiger partial charge in [-0.05, 0) is 91.5 Å². The van der Waals surface area contributed by atoms with Crippen LogP contribution in [0.5, 0.6) is 0 Å². The molecular formula is C21H20FIN4S. The molecule has 0 amide bonds. The molecule has 3 aromatic rings. The first-order chi connectivity index (χ1) is 13.4. The van der Waals surface area contributed by atoms with Crippen LogP contribution in [0.1, 0.15) is 40.3 Å². The minimum atomic E-state index is -0.220. The van der Waals surface area contributed by atoms with Gasteiger partial charge in [-0.1, -0.05) is 6.07 Å². The predicted octanol–water partition coefficient (Wildman–Crippen LogP) is 5.26. The van der Waals surface area contributed by atoms with Crippen LogP contribution in [0.15, 0.2) is 42.6 Å². The van der Waals surface area contributed by atoms with Gasteiger partial charge in [-0.15, -0.1) is 0 Å². The minimum Gasteiger partial charge on any atom is -0.362 e. The molecule has 1 aliphatic rings. The van der Waals surface area contributed by atoms with Gasteiger partial charge in [-0.25, -0.2) is 4.39 Å². The zero-order chi connectivity index (χ0) is 20.0. The molecule has 0 bridgehead atoms. The van der Waals surface area contributed by atoms with E-state index in [1.165, 1.54) is 15.2 Å². The number of nitrogens with one attached hydrogen (secondary N) is 2. The van der Waals surface area contributed by atoms with Crippen LogP contribution >= 0.6 is 34.8 Å². The Morgan fingerprint density at radius 3 is 2.54 bits per heavy atom.